The molecule has 1 aliphatic rings. The van der Waals surface area contributed by atoms with E-state index in [1.807, 2.05) is 6.92 Å². The van der Waals surface area contributed by atoms with Gasteiger partial charge in [-0.3, -0.25) is 0 Å². The van der Waals surface area contributed by atoms with Gasteiger partial charge >= 0.3 is 0 Å². The first-order valence-electron chi connectivity index (χ1n) is 3.73. The maximum Gasteiger partial charge on any atom is 0.0843 e. The molecule has 0 aromatic carbocycles. The van der Waals surface area contributed by atoms with Crippen LogP contribution in [-0.4, -0.2) is 12.6 Å². The minimum Gasteiger partial charge on any atom is -0.634 e. The molecule has 9 heavy (non-hydrogen) atoms. The zero-order valence-corrected chi connectivity index (χ0v) is 6.18. The molecule has 2 nitrogen and oxygen atoms in total. The van der Waals surface area contributed by atoms with Gasteiger partial charge in [0.25, 0.3) is 0 Å². The fourth-order valence-corrected chi connectivity index (χ4v) is 1.34. The molecule has 1 N–H and O–H groups in total. The van der Waals surface area contributed by atoms with Gasteiger partial charge in [0.1, 0.15) is 0 Å². The largest absolute Gasteiger partial charge is 0.634 e. The number of rotatable bonds is 0. The van der Waals surface area contributed by atoms with E-state index in [2.05, 4.69) is 6.92 Å². The average molecular weight is 129 g/mol. The van der Waals surface area contributed by atoms with Gasteiger partial charge < -0.3 is 10.3 Å². The average Bonchev–Trinajstić information content (AvgIpc) is 1.80. The summed E-state index contributed by atoms with van der Waals surface area (Å²) in [7, 11) is 0. The first kappa shape index (κ1) is 7.03. The Bertz CT molecular complexity index is 94.9. The van der Waals surface area contributed by atoms with Crippen molar-refractivity contribution in [2.75, 3.05) is 6.54 Å². The lowest BCUT2D eigenvalue weighted by molar-refractivity contribution is -0.882. The second-order valence-corrected chi connectivity index (χ2v) is 3.25. The Kier molecular flexibility index (Phi) is 2.09. The van der Waals surface area contributed by atoms with Gasteiger partial charge in [-0.05, 0) is 19.8 Å². The second-order valence-electron chi connectivity index (χ2n) is 3.25. The van der Waals surface area contributed by atoms with Crippen molar-refractivity contribution < 1.29 is 5.06 Å². The van der Waals surface area contributed by atoms with Crippen molar-refractivity contribution in [2.24, 2.45) is 5.92 Å². The van der Waals surface area contributed by atoms with Crippen molar-refractivity contribution in [1.29, 1.82) is 0 Å². The standard InChI is InChI=1S/C7H15NO/c1-6-3-4-7(2)8(9)5-6/h6-8H,3-5H2,1-2H3. The maximum absolute atomic E-state index is 11.0. The molecule has 1 heterocycles. The van der Waals surface area contributed by atoms with Crippen LogP contribution in [-0.2, 0) is 0 Å². The van der Waals surface area contributed by atoms with E-state index in [4.69, 9.17) is 0 Å². The highest BCUT2D eigenvalue weighted by Gasteiger charge is 2.19. The minimum absolute atomic E-state index is 0.348. The van der Waals surface area contributed by atoms with Crippen molar-refractivity contribution in [1.82, 2.24) is 0 Å². The number of quaternary nitrogens is 1. The Morgan fingerprint density at radius 1 is 1.33 bits per heavy atom. The summed E-state index contributed by atoms with van der Waals surface area (Å²) < 4.78 is 0. The van der Waals surface area contributed by atoms with Crippen molar-refractivity contribution in [3.8, 4) is 0 Å². The molecule has 0 spiro atoms. The zero-order chi connectivity index (χ0) is 6.85. The van der Waals surface area contributed by atoms with E-state index in [1.165, 1.54) is 6.42 Å². The summed E-state index contributed by atoms with van der Waals surface area (Å²) in [6.07, 6.45) is 2.35. The van der Waals surface area contributed by atoms with Gasteiger partial charge in [-0.2, -0.15) is 0 Å². The molecule has 1 rings (SSSR count). The van der Waals surface area contributed by atoms with Crippen LogP contribution in [0, 0.1) is 11.1 Å². The predicted octanol–water partition coefficient (Wildman–Crippen LogP) is 0.188. The van der Waals surface area contributed by atoms with Crippen LogP contribution in [0.15, 0.2) is 0 Å². The summed E-state index contributed by atoms with van der Waals surface area (Å²) in [5.74, 6) is 0.647. The molecule has 0 aromatic heterocycles. The number of piperidine rings is 1. The van der Waals surface area contributed by atoms with E-state index < -0.39 is 0 Å². The molecule has 54 valence electrons. The van der Waals surface area contributed by atoms with Crippen molar-refractivity contribution in [3.63, 3.8) is 0 Å². The molecule has 0 radical (unpaired) electrons. The van der Waals surface area contributed by atoms with Crippen LogP contribution >= 0.6 is 0 Å². The molecule has 3 atom stereocenters. The van der Waals surface area contributed by atoms with Crippen LogP contribution < -0.4 is 5.06 Å². The van der Waals surface area contributed by atoms with E-state index in [9.17, 15) is 5.21 Å². The summed E-state index contributed by atoms with van der Waals surface area (Å²) in [5, 5.41) is 11.5. The van der Waals surface area contributed by atoms with E-state index in [1.54, 1.807) is 0 Å². The fraction of sp³-hybridized carbons (Fsp3) is 1.00. The summed E-state index contributed by atoms with van der Waals surface area (Å²) in [6, 6.07) is 0.348. The van der Waals surface area contributed by atoms with Crippen LogP contribution in [0.1, 0.15) is 26.7 Å². The normalized spacial score (nSPS) is 45.0. The van der Waals surface area contributed by atoms with E-state index in [0.717, 1.165) is 13.0 Å². The van der Waals surface area contributed by atoms with E-state index in [0.29, 0.717) is 17.0 Å². The summed E-state index contributed by atoms with van der Waals surface area (Å²) in [5.41, 5.74) is 0. The second kappa shape index (κ2) is 2.67. The van der Waals surface area contributed by atoms with Gasteiger partial charge in [-0.15, -0.1) is 0 Å². The molecular formula is C7H15NO. The molecule has 2 heteroatoms. The number of hydrogen-bond donors (Lipinski definition) is 1. The SMILES string of the molecule is CC1CCC(C)[NH+]([O-])C1. The van der Waals surface area contributed by atoms with Crippen LogP contribution in [0.3, 0.4) is 0 Å². The van der Waals surface area contributed by atoms with Crippen LogP contribution in [0.2, 0.25) is 0 Å². The monoisotopic (exact) mass is 129 g/mol. The third-order valence-electron chi connectivity index (χ3n) is 2.19. The summed E-state index contributed by atoms with van der Waals surface area (Å²) in [4.78, 5) is 0. The topological polar surface area (TPSA) is 27.5 Å². The molecule has 0 aromatic rings. The maximum atomic E-state index is 11.0. The Balaban J connectivity index is 2.35. The fourth-order valence-electron chi connectivity index (χ4n) is 1.34. The van der Waals surface area contributed by atoms with Crippen LogP contribution in [0.5, 0.6) is 0 Å². The number of nitrogens with one attached hydrogen (secondary N) is 1. The lowest BCUT2D eigenvalue weighted by Gasteiger charge is -2.36. The number of hydroxylamine groups is 2. The van der Waals surface area contributed by atoms with Crippen LogP contribution in [0.4, 0.5) is 0 Å². The van der Waals surface area contributed by atoms with Gasteiger partial charge in [0.15, 0.2) is 0 Å². The van der Waals surface area contributed by atoms with Crippen molar-refractivity contribution in [2.45, 2.75) is 32.7 Å². The third-order valence-corrected chi connectivity index (χ3v) is 2.19. The Morgan fingerprint density at radius 2 is 2.00 bits per heavy atom. The molecule has 0 saturated carbocycles. The minimum atomic E-state index is 0.348. The third kappa shape index (κ3) is 1.66. The predicted molar refractivity (Wildman–Crippen MR) is 37.1 cm³/mol. The molecule has 0 amide bonds. The molecule has 1 aliphatic heterocycles. The molecule has 0 bridgehead atoms. The highest BCUT2D eigenvalue weighted by Crippen LogP contribution is 2.08. The first-order valence-corrected chi connectivity index (χ1v) is 3.73. The highest BCUT2D eigenvalue weighted by molar-refractivity contribution is 4.61. The zero-order valence-electron chi connectivity index (χ0n) is 6.18. The molecular weight excluding hydrogens is 114 g/mol. The van der Waals surface area contributed by atoms with Gasteiger partial charge in [-0.1, -0.05) is 6.92 Å². The van der Waals surface area contributed by atoms with E-state index in [-0.39, 0.29) is 0 Å². The molecule has 0 aliphatic carbocycles. The van der Waals surface area contributed by atoms with E-state index >= 15 is 0 Å². The smallest absolute Gasteiger partial charge is 0.0843 e. The number of hydrogen-bond acceptors (Lipinski definition) is 1. The summed E-state index contributed by atoms with van der Waals surface area (Å²) >= 11 is 0. The highest BCUT2D eigenvalue weighted by atomic mass is 16.5. The van der Waals surface area contributed by atoms with Crippen molar-refractivity contribution in [3.05, 3.63) is 5.21 Å². The summed E-state index contributed by atoms with van der Waals surface area (Å²) in [6.45, 7) is 5.01. The Labute approximate surface area is 56.4 Å². The van der Waals surface area contributed by atoms with Gasteiger partial charge in [-0.25, -0.2) is 0 Å². The van der Waals surface area contributed by atoms with Crippen LogP contribution in [0.25, 0.3) is 0 Å². The molecule has 3 unspecified atom stereocenters. The Morgan fingerprint density at radius 3 is 2.44 bits per heavy atom. The first-order chi connectivity index (χ1) is 4.20. The lowest BCUT2D eigenvalue weighted by Crippen LogP contribution is -3.12. The van der Waals surface area contributed by atoms with Gasteiger partial charge in [0.05, 0.1) is 12.6 Å². The molecule has 1 fully saturated rings. The quantitative estimate of drug-likeness (QED) is 0.464. The van der Waals surface area contributed by atoms with Crippen molar-refractivity contribution >= 4 is 0 Å². The Hall–Kier alpha value is -0.0800. The van der Waals surface area contributed by atoms with Gasteiger partial charge in [0, 0.05) is 5.92 Å². The van der Waals surface area contributed by atoms with Gasteiger partial charge in [0.2, 0.25) is 0 Å². The lowest BCUT2D eigenvalue weighted by atomic mass is 9.97. The molecule has 1 saturated heterocycles.